The van der Waals surface area contributed by atoms with Crippen LogP contribution in [0.2, 0.25) is 5.02 Å². The van der Waals surface area contributed by atoms with E-state index >= 15 is 0 Å². The largest absolute Gasteiger partial charge is 0.490 e. The minimum atomic E-state index is -0.502. The van der Waals surface area contributed by atoms with Gasteiger partial charge < -0.3 is 9.47 Å². The zero-order valence-corrected chi connectivity index (χ0v) is 23.2. The predicted molar refractivity (Wildman–Crippen MR) is 151 cm³/mol. The predicted octanol–water partition coefficient (Wildman–Crippen LogP) is 7.07. The second-order valence-corrected chi connectivity index (χ2v) is 10.4. The third kappa shape index (κ3) is 6.43. The molecule has 0 atom stereocenters. The summed E-state index contributed by atoms with van der Waals surface area (Å²) in [4.78, 5) is 37.3. The Balaban J connectivity index is 1.54. The summed E-state index contributed by atoms with van der Waals surface area (Å²) in [5.74, 6) is 0.643. The highest BCUT2D eigenvalue weighted by molar-refractivity contribution is 14.1. The Hall–Kier alpha value is -3.09. The summed E-state index contributed by atoms with van der Waals surface area (Å²) >= 11 is 9.23. The molecule has 0 aliphatic carbocycles. The van der Waals surface area contributed by atoms with Crippen molar-refractivity contribution in [1.82, 2.24) is 4.90 Å². The van der Waals surface area contributed by atoms with E-state index in [1.54, 1.807) is 18.2 Å². The Morgan fingerprint density at radius 1 is 1.11 bits per heavy atom. The minimum Gasteiger partial charge on any atom is -0.490 e. The molecule has 4 rings (SSSR count). The van der Waals surface area contributed by atoms with Gasteiger partial charge in [0.1, 0.15) is 6.61 Å². The van der Waals surface area contributed by atoms with Crippen LogP contribution in [0.4, 0.5) is 10.5 Å². The molecule has 0 N–H and O–H groups in total. The van der Waals surface area contributed by atoms with Crippen LogP contribution in [0, 0.1) is 13.7 Å². The van der Waals surface area contributed by atoms with Crippen LogP contribution in [0.3, 0.4) is 0 Å². The molecule has 1 fully saturated rings. The van der Waals surface area contributed by atoms with Gasteiger partial charge in [0.05, 0.1) is 26.6 Å². The van der Waals surface area contributed by atoms with Gasteiger partial charge in [0.25, 0.3) is 16.8 Å². The average Bonchev–Trinajstić information content (AvgIpc) is 3.12. The molecular weight excluding hydrogens is 631 g/mol. The lowest BCUT2D eigenvalue weighted by Gasteiger charge is -2.15. The van der Waals surface area contributed by atoms with E-state index < -0.39 is 16.1 Å². The zero-order chi connectivity index (χ0) is 26.5. The molecule has 1 heterocycles. The van der Waals surface area contributed by atoms with Crippen LogP contribution in [0.15, 0.2) is 65.6 Å². The molecule has 0 spiro atoms. The van der Waals surface area contributed by atoms with E-state index in [4.69, 9.17) is 21.1 Å². The zero-order valence-electron chi connectivity index (χ0n) is 19.5. The number of non-ortho nitro benzene ring substituents is 1. The molecule has 0 radical (unpaired) electrons. The van der Waals surface area contributed by atoms with Gasteiger partial charge in [-0.1, -0.05) is 41.9 Å². The molecule has 1 aliphatic rings. The van der Waals surface area contributed by atoms with Crippen LogP contribution in [-0.4, -0.2) is 27.6 Å². The quantitative estimate of drug-likeness (QED) is 0.106. The number of nitro benzene ring substituents is 1. The standard InChI is InChI=1S/C26H20ClIN2O6S/c1-2-35-22-12-17(11-21(28)24(22)36-15-18-5-3-4-6-20(18)27)13-23-25(31)29(26(32)37-23)14-16-7-9-19(10-8-16)30(33)34/h3-13H,2,14-15H2,1H3. The van der Waals surface area contributed by atoms with Crippen LogP contribution < -0.4 is 9.47 Å². The second kappa shape index (κ2) is 12.0. The fourth-order valence-electron chi connectivity index (χ4n) is 3.53. The number of carbonyl (C=O) groups is 2. The van der Waals surface area contributed by atoms with Crippen molar-refractivity contribution in [2.24, 2.45) is 0 Å². The lowest BCUT2D eigenvalue weighted by molar-refractivity contribution is -0.384. The van der Waals surface area contributed by atoms with E-state index in [1.165, 1.54) is 24.3 Å². The highest BCUT2D eigenvalue weighted by Crippen LogP contribution is 2.38. The first-order chi connectivity index (χ1) is 17.8. The normalized spacial score (nSPS) is 14.4. The summed E-state index contributed by atoms with van der Waals surface area (Å²) in [5, 5.41) is 11.1. The van der Waals surface area contributed by atoms with Gasteiger partial charge in [0, 0.05) is 22.7 Å². The molecule has 1 saturated heterocycles. The SMILES string of the molecule is CCOc1cc(C=C2SC(=O)N(Cc3ccc([N+](=O)[O-])cc3)C2=O)cc(I)c1OCc1ccccc1Cl. The molecule has 0 saturated carbocycles. The van der Waals surface area contributed by atoms with Crippen LogP contribution in [0.25, 0.3) is 6.08 Å². The Kier molecular flexibility index (Phi) is 8.72. The fraction of sp³-hybridized carbons (Fsp3) is 0.154. The van der Waals surface area contributed by atoms with Gasteiger partial charge in [-0.3, -0.25) is 24.6 Å². The van der Waals surface area contributed by atoms with Crippen LogP contribution in [0.1, 0.15) is 23.6 Å². The summed E-state index contributed by atoms with van der Waals surface area (Å²) in [6.45, 7) is 2.56. The van der Waals surface area contributed by atoms with Gasteiger partial charge >= 0.3 is 0 Å². The molecule has 1 aliphatic heterocycles. The van der Waals surface area contributed by atoms with Gasteiger partial charge in [-0.25, -0.2) is 0 Å². The number of hydrogen-bond acceptors (Lipinski definition) is 7. The van der Waals surface area contributed by atoms with Crippen LogP contribution in [0.5, 0.6) is 11.5 Å². The van der Waals surface area contributed by atoms with E-state index in [-0.39, 0.29) is 23.7 Å². The molecule has 8 nitrogen and oxygen atoms in total. The molecule has 37 heavy (non-hydrogen) atoms. The lowest BCUT2D eigenvalue weighted by Crippen LogP contribution is -2.27. The number of hydrogen-bond donors (Lipinski definition) is 0. The van der Waals surface area contributed by atoms with Crippen LogP contribution >= 0.6 is 46.0 Å². The first kappa shape index (κ1) is 27.0. The van der Waals surface area contributed by atoms with Gasteiger partial charge in [-0.2, -0.15) is 0 Å². The van der Waals surface area contributed by atoms with Crippen molar-refractivity contribution in [3.05, 3.63) is 101 Å². The number of rotatable bonds is 9. The number of benzene rings is 3. The summed E-state index contributed by atoms with van der Waals surface area (Å²) in [6, 6.07) is 16.8. The van der Waals surface area contributed by atoms with Crippen molar-refractivity contribution in [3.8, 4) is 11.5 Å². The van der Waals surface area contributed by atoms with Crippen molar-refractivity contribution in [2.45, 2.75) is 20.1 Å². The van der Waals surface area contributed by atoms with Gasteiger partial charge in [0.15, 0.2) is 11.5 Å². The first-order valence-electron chi connectivity index (χ1n) is 11.1. The average molecular weight is 651 g/mol. The highest BCUT2D eigenvalue weighted by atomic mass is 127. The molecule has 0 aromatic heterocycles. The Bertz CT molecular complexity index is 1400. The summed E-state index contributed by atoms with van der Waals surface area (Å²) in [6.07, 6.45) is 1.64. The number of halogens is 2. The van der Waals surface area contributed by atoms with E-state index in [0.717, 1.165) is 25.8 Å². The minimum absolute atomic E-state index is 0.0244. The molecule has 0 unspecified atom stereocenters. The highest BCUT2D eigenvalue weighted by Gasteiger charge is 2.35. The van der Waals surface area contributed by atoms with Gasteiger partial charge in [-0.15, -0.1) is 0 Å². The third-order valence-corrected chi connectivity index (χ3v) is 7.40. The number of nitrogens with zero attached hydrogens (tertiary/aromatic N) is 2. The first-order valence-corrected chi connectivity index (χ1v) is 13.4. The maximum absolute atomic E-state index is 13.0. The summed E-state index contributed by atoms with van der Waals surface area (Å²) in [7, 11) is 0. The van der Waals surface area contributed by atoms with Crippen molar-refractivity contribution < 1.29 is 24.0 Å². The molecule has 3 aromatic rings. The Morgan fingerprint density at radius 2 is 1.84 bits per heavy atom. The van der Waals surface area contributed by atoms with Crippen LogP contribution in [-0.2, 0) is 17.9 Å². The van der Waals surface area contributed by atoms with E-state index in [1.807, 2.05) is 31.2 Å². The second-order valence-electron chi connectivity index (χ2n) is 7.83. The van der Waals surface area contributed by atoms with E-state index in [2.05, 4.69) is 22.6 Å². The number of imide groups is 1. The number of ether oxygens (including phenoxy) is 2. The molecule has 3 aromatic carbocycles. The molecule has 11 heteroatoms. The fourth-order valence-corrected chi connectivity index (χ4v) is 5.34. The smallest absolute Gasteiger partial charge is 0.293 e. The molecular formula is C26H20ClIN2O6S. The number of amides is 2. The monoisotopic (exact) mass is 650 g/mol. The van der Waals surface area contributed by atoms with Gasteiger partial charge in [-0.05, 0) is 76.7 Å². The number of nitro groups is 1. The number of thioether (sulfide) groups is 1. The lowest BCUT2D eigenvalue weighted by atomic mass is 10.1. The Morgan fingerprint density at radius 3 is 2.51 bits per heavy atom. The third-order valence-electron chi connectivity index (χ3n) is 5.32. The molecule has 190 valence electrons. The maximum atomic E-state index is 13.0. The van der Waals surface area contributed by atoms with Gasteiger partial charge in [0.2, 0.25) is 0 Å². The van der Waals surface area contributed by atoms with Crippen molar-refractivity contribution in [3.63, 3.8) is 0 Å². The molecule has 2 amide bonds. The van der Waals surface area contributed by atoms with Crippen molar-refractivity contribution in [2.75, 3.05) is 6.61 Å². The molecule has 0 bridgehead atoms. The Labute approximate surface area is 235 Å². The summed E-state index contributed by atoms with van der Waals surface area (Å²) in [5.41, 5.74) is 2.08. The van der Waals surface area contributed by atoms with E-state index in [0.29, 0.717) is 34.3 Å². The maximum Gasteiger partial charge on any atom is 0.293 e. The van der Waals surface area contributed by atoms with Crippen molar-refractivity contribution >= 4 is 68.9 Å². The number of carbonyl (C=O) groups excluding carboxylic acids is 2. The van der Waals surface area contributed by atoms with Crippen molar-refractivity contribution in [1.29, 1.82) is 0 Å². The topological polar surface area (TPSA) is 99.0 Å². The van der Waals surface area contributed by atoms with E-state index in [9.17, 15) is 19.7 Å². The summed E-state index contributed by atoms with van der Waals surface area (Å²) < 4.78 is 12.6.